The third kappa shape index (κ3) is 9.30. The van der Waals surface area contributed by atoms with E-state index in [0.717, 1.165) is 24.3 Å². The largest absolute Gasteiger partial charge is 1.00 e. The van der Waals surface area contributed by atoms with Crippen molar-refractivity contribution in [2.24, 2.45) is 20.4 Å². The molecule has 0 saturated carbocycles. The number of hydrogen-bond acceptors (Lipinski definition) is 14. The van der Waals surface area contributed by atoms with E-state index in [0.29, 0.717) is 44.0 Å². The van der Waals surface area contributed by atoms with E-state index >= 15 is 0 Å². The number of nitrogens with zero attached hydrogens (tertiary/aromatic N) is 6. The van der Waals surface area contributed by atoms with Gasteiger partial charge in [-0.25, -0.2) is 26.9 Å². The van der Waals surface area contributed by atoms with Gasteiger partial charge in [-0.1, -0.05) is 47.5 Å². The molecule has 2 heterocycles. The van der Waals surface area contributed by atoms with Gasteiger partial charge in [-0.3, -0.25) is 21.7 Å². The molecule has 0 atom stereocenters. The number of rotatable bonds is 9. The maximum Gasteiger partial charge on any atom is 1.00 e. The van der Waals surface area contributed by atoms with Gasteiger partial charge in [0.25, 0.3) is 0 Å². The van der Waals surface area contributed by atoms with E-state index in [2.05, 4.69) is 31.3 Å². The van der Waals surface area contributed by atoms with Crippen LogP contribution in [0.3, 0.4) is 0 Å². The van der Waals surface area contributed by atoms with Gasteiger partial charge >= 0.3 is 59.1 Å². The number of benzene rings is 4. The summed E-state index contributed by atoms with van der Waals surface area (Å²) in [4.78, 5) is -0.896. The third-order valence-corrected chi connectivity index (χ3v) is 9.87. The molecule has 16 nitrogen and oxygen atoms in total. The Hall–Kier alpha value is -3.50. The predicted octanol–water partition coefficient (Wildman–Crippen LogP) is -0.241. The van der Waals surface area contributed by atoms with Crippen LogP contribution in [0.5, 0.6) is 0 Å². The summed E-state index contributed by atoms with van der Waals surface area (Å²) in [5.74, 6) is -0.293. The van der Waals surface area contributed by atoms with Crippen LogP contribution in [0, 0.1) is 10.8 Å². The molecule has 4 aromatic rings. The average molecular weight is 826 g/mol. The van der Waals surface area contributed by atoms with E-state index in [4.69, 9.17) is 34.0 Å². The molecule has 4 aromatic carbocycles. The van der Waals surface area contributed by atoms with Crippen molar-refractivity contribution in [2.45, 2.75) is 23.6 Å². The zero-order chi connectivity index (χ0) is 37.5. The Bertz CT molecular complexity index is 2380. The molecule has 0 saturated heterocycles. The Labute approximate surface area is 364 Å². The van der Waals surface area contributed by atoms with Crippen molar-refractivity contribution in [3.05, 3.63) is 95.0 Å². The fraction of sp³-hybridized carbons (Fsp3) is 0.0625. The van der Waals surface area contributed by atoms with E-state index in [1.807, 2.05) is 0 Å². The fourth-order valence-electron chi connectivity index (χ4n) is 5.07. The summed E-state index contributed by atoms with van der Waals surface area (Å²) < 4.78 is 68.8. The molecule has 4 N–H and O–H groups in total. The summed E-state index contributed by atoms with van der Waals surface area (Å²) in [5, 5.41) is 37.2. The van der Waals surface area contributed by atoms with Crippen LogP contribution in [0.25, 0.3) is 11.1 Å². The second kappa shape index (κ2) is 17.1. The molecule has 2 aliphatic rings. The first-order chi connectivity index (χ1) is 24.5. The average Bonchev–Trinajstić information content (AvgIpc) is 3.54. The molecule has 0 aliphatic carbocycles. The van der Waals surface area contributed by atoms with Gasteiger partial charge in [0.1, 0.15) is 20.2 Å². The summed E-state index contributed by atoms with van der Waals surface area (Å²) in [5.41, 5.74) is 9.38. The number of hydrogen-bond donors (Lipinski definition) is 4. The molecule has 0 radical (unpaired) electrons. The van der Waals surface area contributed by atoms with Crippen molar-refractivity contribution in [1.29, 1.82) is 10.8 Å². The molecule has 0 unspecified atom stereocenters. The van der Waals surface area contributed by atoms with E-state index in [1.54, 1.807) is 50.2 Å². The van der Waals surface area contributed by atoms with Crippen molar-refractivity contribution in [3.8, 4) is 11.1 Å². The van der Waals surface area contributed by atoms with Crippen LogP contribution in [-0.4, -0.2) is 60.5 Å². The number of nitrogens with one attached hydrogen (secondary N) is 4. The predicted molar refractivity (Wildman–Crippen MR) is 199 cm³/mol. The third-order valence-electron chi connectivity index (χ3n) is 7.58. The summed E-state index contributed by atoms with van der Waals surface area (Å²) in [6, 6.07) is 20.5. The molecule has 6 rings (SSSR count). The van der Waals surface area contributed by atoms with Gasteiger partial charge < -0.3 is 9.11 Å². The van der Waals surface area contributed by atoms with Gasteiger partial charge in [0.2, 0.25) is 0 Å². The second-order valence-corrected chi connectivity index (χ2v) is 14.7. The van der Waals surface area contributed by atoms with E-state index in [-0.39, 0.29) is 93.6 Å². The van der Waals surface area contributed by atoms with Crippen LogP contribution in [0.15, 0.2) is 115 Å². The quantitative estimate of drug-likeness (QED) is 0.0981. The molecule has 2 aliphatic heterocycles. The number of amidine groups is 2. The normalized spacial score (nSPS) is 15.9. The maximum absolute atomic E-state index is 11.5. The molecule has 266 valence electrons. The van der Waals surface area contributed by atoms with Crippen LogP contribution in [0.2, 0.25) is 10.0 Å². The van der Waals surface area contributed by atoms with Crippen LogP contribution < -0.4 is 80.0 Å². The topological polar surface area (TPSA) is 242 Å². The minimum absolute atomic E-state index is 0. The fourth-order valence-corrected chi connectivity index (χ4v) is 6.65. The van der Waals surface area contributed by atoms with Crippen molar-refractivity contribution < 1.29 is 85.1 Å². The molecular weight excluding hydrogens is 801 g/mol. The molecule has 0 bridgehead atoms. The molecular formula is C32H24Cl2N10Na2O6S2. The number of anilines is 4. The Morgan fingerprint density at radius 2 is 1.00 bits per heavy atom. The monoisotopic (exact) mass is 824 g/mol. The first-order valence-corrected chi connectivity index (χ1v) is 18.4. The van der Waals surface area contributed by atoms with E-state index in [9.17, 15) is 25.9 Å². The maximum atomic E-state index is 11.5. The van der Waals surface area contributed by atoms with Crippen LogP contribution >= 0.6 is 23.2 Å². The summed E-state index contributed by atoms with van der Waals surface area (Å²) in [6.45, 7) is 3.25. The Kier molecular flexibility index (Phi) is 13.7. The summed E-state index contributed by atoms with van der Waals surface area (Å²) >= 11 is 13.3. The Balaban J connectivity index is 0.00000325. The molecule has 0 fully saturated rings. The van der Waals surface area contributed by atoms with Gasteiger partial charge in [-0.2, -0.15) is 20.4 Å². The molecule has 0 aromatic heterocycles. The molecule has 0 amide bonds. The summed E-state index contributed by atoms with van der Waals surface area (Å²) in [6.07, 6.45) is 0. The van der Waals surface area contributed by atoms with Gasteiger partial charge in [0, 0.05) is 11.1 Å². The molecule has 0 spiro atoms. The molecule has 22 heteroatoms. The second-order valence-electron chi connectivity index (χ2n) is 11.1. The van der Waals surface area contributed by atoms with Gasteiger partial charge in [-0.05, 0) is 74.5 Å². The number of hydrazone groups is 4. The van der Waals surface area contributed by atoms with Crippen molar-refractivity contribution >= 4 is 101 Å². The first-order valence-electron chi connectivity index (χ1n) is 14.8. The van der Waals surface area contributed by atoms with E-state index in [1.165, 1.54) is 34.3 Å². The van der Waals surface area contributed by atoms with Crippen LogP contribution in [0.1, 0.15) is 13.8 Å². The minimum atomic E-state index is -4.70. The van der Waals surface area contributed by atoms with Crippen molar-refractivity contribution in [1.82, 2.24) is 0 Å². The van der Waals surface area contributed by atoms with Crippen molar-refractivity contribution in [2.75, 3.05) is 20.9 Å². The van der Waals surface area contributed by atoms with Gasteiger partial charge in [-0.15, -0.1) is 0 Å². The Morgan fingerprint density at radius 1 is 0.630 bits per heavy atom. The Morgan fingerprint density at radius 3 is 1.33 bits per heavy atom. The zero-order valence-corrected chi connectivity index (χ0v) is 35.9. The SMILES string of the molecule is CC1=NN(c2cccc(S(=O)(=O)[O-])c2)C(=N)/C1=N/Nc1ccc(-c2ccc(N/N=C3/C(=N)N(c4cccc(S(=O)(=O)[O-])c4)N=C3C)cc2Cl)c(Cl)c1.[Na+].[Na+]. The van der Waals surface area contributed by atoms with Crippen molar-refractivity contribution in [3.63, 3.8) is 0 Å². The van der Waals surface area contributed by atoms with Crippen LogP contribution in [0.4, 0.5) is 22.7 Å². The smallest absolute Gasteiger partial charge is 0.744 e. The van der Waals surface area contributed by atoms with Crippen LogP contribution in [-0.2, 0) is 20.2 Å². The standard InChI is InChI=1S/C32H26Cl2N10O6S2.2Na/c1-17-29(31(35)43(41-17)21-5-3-7-23(15-21)51(45,46)47)39-37-19-9-11-25(27(33)13-19)26-12-10-20(14-28(26)34)38-40-30-18(2)42-44(32(30)36)22-6-4-8-24(16-22)52(48,49)50;;/h3-16,35-38H,1-2H3,(H,45,46,47)(H,48,49,50);;/q;2*+1/p-2/b35-31?,36-32?,39-29+,40-30+;;. The minimum Gasteiger partial charge on any atom is -0.744 e. The zero-order valence-electron chi connectivity index (χ0n) is 28.8. The van der Waals surface area contributed by atoms with Gasteiger partial charge in [0.05, 0.1) is 54.0 Å². The first kappa shape index (κ1) is 43.2. The number of halogens is 2. The van der Waals surface area contributed by atoms with Gasteiger partial charge in [0.15, 0.2) is 23.1 Å². The summed E-state index contributed by atoms with van der Waals surface area (Å²) in [7, 11) is -9.40. The molecule has 54 heavy (non-hydrogen) atoms. The van der Waals surface area contributed by atoms with E-state index < -0.39 is 30.0 Å².